The van der Waals surface area contributed by atoms with E-state index >= 15 is 0 Å². The summed E-state index contributed by atoms with van der Waals surface area (Å²) in [6.07, 6.45) is 0.507. The molecule has 0 fully saturated rings. The van der Waals surface area contributed by atoms with E-state index in [9.17, 15) is 4.79 Å². The zero-order chi connectivity index (χ0) is 10.5. The van der Waals surface area contributed by atoms with E-state index < -0.39 is 11.5 Å². The third-order valence-corrected chi connectivity index (χ3v) is 2.94. The van der Waals surface area contributed by atoms with Crippen LogP contribution in [0.2, 0.25) is 0 Å². The van der Waals surface area contributed by atoms with Gasteiger partial charge in [0.2, 0.25) is 0 Å². The number of rotatable bonds is 4. The predicted octanol–water partition coefficient (Wildman–Crippen LogP) is 1.87. The van der Waals surface area contributed by atoms with Gasteiger partial charge in [-0.05, 0) is 19.1 Å². The fourth-order valence-corrected chi connectivity index (χ4v) is 1.82. The minimum atomic E-state index is -0.931. The van der Waals surface area contributed by atoms with Crippen LogP contribution in [0.25, 0.3) is 0 Å². The summed E-state index contributed by atoms with van der Waals surface area (Å²) in [7, 11) is 0. The molecule has 0 aliphatic rings. The van der Waals surface area contributed by atoms with Crippen LogP contribution < -0.4 is 5.32 Å². The molecule has 3 nitrogen and oxygen atoms in total. The van der Waals surface area contributed by atoms with Crippen LogP contribution in [0.15, 0.2) is 0 Å². The van der Waals surface area contributed by atoms with Gasteiger partial charge in [0.1, 0.15) is 9.86 Å². The van der Waals surface area contributed by atoms with E-state index in [0.29, 0.717) is 10.7 Å². The van der Waals surface area contributed by atoms with Crippen LogP contribution in [0.4, 0.5) is 0 Å². The third kappa shape index (κ3) is 3.95. The average Bonchev–Trinajstić information content (AvgIpc) is 2.04. The Morgan fingerprint density at radius 2 is 2.15 bits per heavy atom. The molecule has 0 spiro atoms. The van der Waals surface area contributed by atoms with Crippen LogP contribution in [0, 0.1) is 0 Å². The summed E-state index contributed by atoms with van der Waals surface area (Å²) in [6, 6.07) is 0. The maximum Gasteiger partial charge on any atom is 0.329 e. The predicted molar refractivity (Wildman–Crippen MR) is 60.2 cm³/mol. The SMILES string of the molecule is CCSC(=S)NC(C)(CC)C(=O)O. The number of carbonyl (C=O) groups is 1. The van der Waals surface area contributed by atoms with Crippen molar-refractivity contribution in [2.24, 2.45) is 0 Å². The molecule has 2 N–H and O–H groups in total. The van der Waals surface area contributed by atoms with Crippen LogP contribution in [-0.2, 0) is 4.79 Å². The second-order valence-corrected chi connectivity index (χ2v) is 4.78. The summed E-state index contributed by atoms with van der Waals surface area (Å²) in [4.78, 5) is 10.9. The van der Waals surface area contributed by atoms with Crippen LogP contribution in [0.1, 0.15) is 27.2 Å². The largest absolute Gasteiger partial charge is 0.480 e. The molecule has 0 rings (SSSR count). The minimum Gasteiger partial charge on any atom is -0.480 e. The Morgan fingerprint density at radius 1 is 1.62 bits per heavy atom. The molecule has 76 valence electrons. The van der Waals surface area contributed by atoms with Crippen molar-refractivity contribution in [3.63, 3.8) is 0 Å². The van der Waals surface area contributed by atoms with Gasteiger partial charge in [0.15, 0.2) is 0 Å². The molecular weight excluding hydrogens is 206 g/mol. The van der Waals surface area contributed by atoms with E-state index in [2.05, 4.69) is 5.32 Å². The molecule has 0 bridgehead atoms. The first-order valence-corrected chi connectivity index (χ1v) is 5.54. The van der Waals surface area contributed by atoms with Gasteiger partial charge in [-0.15, -0.1) is 0 Å². The lowest BCUT2D eigenvalue weighted by atomic mass is 10.0. The zero-order valence-electron chi connectivity index (χ0n) is 8.09. The van der Waals surface area contributed by atoms with Gasteiger partial charge in [-0.1, -0.05) is 37.8 Å². The maximum absolute atomic E-state index is 10.9. The lowest BCUT2D eigenvalue weighted by Gasteiger charge is -2.25. The number of thiocarbonyl (C=S) groups is 1. The number of thioether (sulfide) groups is 1. The molecule has 1 atom stereocenters. The molecular formula is C8H15NO2S2. The minimum absolute atomic E-state index is 0.507. The first-order chi connectivity index (χ1) is 5.96. The van der Waals surface area contributed by atoms with Gasteiger partial charge in [-0.3, -0.25) is 0 Å². The molecule has 0 saturated carbocycles. The number of nitrogens with one attached hydrogen (secondary N) is 1. The summed E-state index contributed by atoms with van der Waals surface area (Å²) in [6.45, 7) is 5.43. The van der Waals surface area contributed by atoms with Gasteiger partial charge >= 0.3 is 5.97 Å². The van der Waals surface area contributed by atoms with Gasteiger partial charge < -0.3 is 10.4 Å². The zero-order valence-corrected chi connectivity index (χ0v) is 9.72. The first kappa shape index (κ1) is 12.7. The van der Waals surface area contributed by atoms with Gasteiger partial charge in [0, 0.05) is 0 Å². The van der Waals surface area contributed by atoms with Gasteiger partial charge in [0.25, 0.3) is 0 Å². The number of carboxylic acids is 1. The molecule has 13 heavy (non-hydrogen) atoms. The highest BCUT2D eigenvalue weighted by Crippen LogP contribution is 2.12. The van der Waals surface area contributed by atoms with E-state index in [1.54, 1.807) is 6.92 Å². The number of hydrogen-bond donors (Lipinski definition) is 2. The van der Waals surface area contributed by atoms with Crippen LogP contribution in [-0.4, -0.2) is 26.7 Å². The fraction of sp³-hybridized carbons (Fsp3) is 0.750. The number of carboxylic acid groups (broad SMARTS) is 1. The Morgan fingerprint density at radius 3 is 2.46 bits per heavy atom. The summed E-state index contributed by atoms with van der Waals surface area (Å²) < 4.78 is 0.550. The molecule has 0 radical (unpaired) electrons. The molecule has 0 saturated heterocycles. The van der Waals surface area contributed by atoms with E-state index in [1.807, 2.05) is 13.8 Å². The second-order valence-electron chi connectivity index (χ2n) is 2.84. The van der Waals surface area contributed by atoms with E-state index in [-0.39, 0.29) is 0 Å². The topological polar surface area (TPSA) is 49.3 Å². The summed E-state index contributed by atoms with van der Waals surface area (Å²) in [5.74, 6) is -0.0142. The highest BCUT2D eigenvalue weighted by Gasteiger charge is 2.31. The van der Waals surface area contributed by atoms with Gasteiger partial charge in [0.05, 0.1) is 0 Å². The highest BCUT2D eigenvalue weighted by atomic mass is 32.2. The summed E-state index contributed by atoms with van der Waals surface area (Å²) in [5, 5.41) is 11.8. The quantitative estimate of drug-likeness (QED) is 0.710. The lowest BCUT2D eigenvalue weighted by Crippen LogP contribution is -2.50. The molecule has 0 amide bonds. The monoisotopic (exact) mass is 221 g/mol. The fourth-order valence-electron chi connectivity index (χ4n) is 0.686. The Balaban J connectivity index is 4.27. The summed E-state index contributed by atoms with van der Waals surface area (Å²) >= 11 is 6.42. The molecule has 1 unspecified atom stereocenters. The van der Waals surface area contributed by atoms with Crippen molar-refractivity contribution in [2.75, 3.05) is 5.75 Å². The molecule has 0 aromatic rings. The van der Waals surface area contributed by atoms with Gasteiger partial charge in [-0.25, -0.2) is 4.79 Å². The van der Waals surface area contributed by atoms with Crippen molar-refractivity contribution in [2.45, 2.75) is 32.7 Å². The third-order valence-electron chi connectivity index (χ3n) is 1.83. The average molecular weight is 221 g/mol. The molecule has 0 aromatic heterocycles. The molecule has 0 aliphatic heterocycles. The van der Waals surface area contributed by atoms with Crippen molar-refractivity contribution < 1.29 is 9.90 Å². The van der Waals surface area contributed by atoms with Crippen molar-refractivity contribution in [1.82, 2.24) is 5.32 Å². The molecule has 5 heteroatoms. The van der Waals surface area contributed by atoms with Crippen molar-refractivity contribution in [3.05, 3.63) is 0 Å². The number of aliphatic carboxylic acids is 1. The van der Waals surface area contributed by atoms with E-state index in [4.69, 9.17) is 17.3 Å². The highest BCUT2D eigenvalue weighted by molar-refractivity contribution is 8.22. The molecule has 0 heterocycles. The molecule has 0 aliphatic carbocycles. The Labute approximate surface area is 88.3 Å². The van der Waals surface area contributed by atoms with Crippen LogP contribution >= 0.6 is 24.0 Å². The lowest BCUT2D eigenvalue weighted by molar-refractivity contribution is -0.143. The molecule has 0 aromatic carbocycles. The maximum atomic E-state index is 10.9. The smallest absolute Gasteiger partial charge is 0.329 e. The van der Waals surface area contributed by atoms with Crippen molar-refractivity contribution in [3.8, 4) is 0 Å². The van der Waals surface area contributed by atoms with E-state index in [1.165, 1.54) is 11.8 Å². The first-order valence-electron chi connectivity index (χ1n) is 4.14. The van der Waals surface area contributed by atoms with Gasteiger partial charge in [-0.2, -0.15) is 0 Å². The normalized spacial score (nSPS) is 14.7. The standard InChI is InChI=1S/C8H15NO2S2/c1-4-8(3,6(10)11)9-7(12)13-5-2/h4-5H2,1-3H3,(H,9,12)(H,10,11). The Bertz CT molecular complexity index is 208. The van der Waals surface area contributed by atoms with Crippen LogP contribution in [0.5, 0.6) is 0 Å². The summed E-state index contributed by atoms with van der Waals surface area (Å²) in [5.41, 5.74) is -0.931. The van der Waals surface area contributed by atoms with E-state index in [0.717, 1.165) is 5.75 Å². The second kappa shape index (κ2) is 5.44. The van der Waals surface area contributed by atoms with Crippen molar-refractivity contribution in [1.29, 1.82) is 0 Å². The van der Waals surface area contributed by atoms with Crippen molar-refractivity contribution >= 4 is 34.3 Å². The Hall–Kier alpha value is -0.290. The Kier molecular flexibility index (Phi) is 5.32. The number of hydrogen-bond acceptors (Lipinski definition) is 3. The van der Waals surface area contributed by atoms with Crippen LogP contribution in [0.3, 0.4) is 0 Å².